The van der Waals surface area contributed by atoms with Crippen LogP contribution in [0.3, 0.4) is 0 Å². The van der Waals surface area contributed by atoms with Crippen molar-refractivity contribution < 1.29 is 0 Å². The Morgan fingerprint density at radius 3 is 1.12 bits per heavy atom. The third-order valence-corrected chi connectivity index (χ3v) is 22.7. The van der Waals surface area contributed by atoms with Crippen LogP contribution in [0.5, 0.6) is 0 Å². The van der Waals surface area contributed by atoms with Crippen molar-refractivity contribution >= 4 is 35.7 Å². The van der Waals surface area contributed by atoms with E-state index < -0.39 is 12.1 Å². The Morgan fingerprint density at radius 2 is 0.885 bits per heavy atom. The van der Waals surface area contributed by atoms with Gasteiger partial charge in [0.15, 0.2) is 0 Å². The van der Waals surface area contributed by atoms with Crippen LogP contribution in [0.25, 0.3) is 0 Å². The summed E-state index contributed by atoms with van der Waals surface area (Å²) in [4.78, 5) is 0. The van der Waals surface area contributed by atoms with Gasteiger partial charge in [0, 0.05) is 34.2 Å². The van der Waals surface area contributed by atoms with Crippen molar-refractivity contribution in [3.63, 3.8) is 0 Å². The largest absolute Gasteiger partial charge is 0.0876 e. The van der Waals surface area contributed by atoms with Gasteiger partial charge in [-0.3, -0.25) is 0 Å². The maximum absolute atomic E-state index is 6.62. The highest BCUT2D eigenvalue weighted by Gasteiger charge is 2.65. The van der Waals surface area contributed by atoms with E-state index in [-0.39, 0.29) is 10.8 Å². The van der Waals surface area contributed by atoms with Crippen LogP contribution in [0.1, 0.15) is 69.2 Å². The van der Waals surface area contributed by atoms with E-state index in [0.29, 0.717) is 11.3 Å². The Bertz CT molecular complexity index is 937. The van der Waals surface area contributed by atoms with Crippen LogP contribution < -0.4 is 0 Å². The predicted molar refractivity (Wildman–Crippen MR) is 126 cm³/mol. The first kappa shape index (κ1) is 19.6. The molecule has 4 aliphatic rings. The molecule has 4 aliphatic heterocycles. The van der Waals surface area contributed by atoms with E-state index in [4.69, 9.17) is 23.6 Å². The molecule has 142 valence electrons. The van der Waals surface area contributed by atoms with E-state index in [1.807, 2.05) is 0 Å². The average Bonchev–Trinajstić information content (AvgIpc) is 2.97. The lowest BCUT2D eigenvalue weighted by molar-refractivity contribution is 0.485. The first-order valence-electron chi connectivity index (χ1n) is 9.76. The molecule has 4 rings (SSSR count). The van der Waals surface area contributed by atoms with Crippen molar-refractivity contribution in [1.82, 2.24) is 0 Å². The predicted octanol–water partition coefficient (Wildman–Crippen LogP) is 7.93. The van der Waals surface area contributed by atoms with Gasteiger partial charge in [-0.05, 0) is 62.8 Å². The lowest BCUT2D eigenvalue weighted by Crippen LogP contribution is -2.24. The van der Waals surface area contributed by atoms with Crippen LogP contribution in [0.4, 0.5) is 0 Å². The zero-order chi connectivity index (χ0) is 19.8. The van der Waals surface area contributed by atoms with E-state index in [1.54, 1.807) is 32.9 Å². The minimum Gasteiger partial charge on any atom is -0.0876 e. The third kappa shape index (κ3) is 1.54. The number of hydrogen-bond acceptors (Lipinski definition) is 2. The Kier molecular flexibility index (Phi) is 3.80. The Hall–Kier alpha value is 0.260. The Labute approximate surface area is 170 Å². The molecule has 0 spiro atoms. The molecule has 0 fully saturated rings. The molecule has 4 heterocycles. The summed E-state index contributed by atoms with van der Waals surface area (Å²) in [5.74, 6) is 0. The molecule has 26 heavy (non-hydrogen) atoms. The maximum atomic E-state index is 6.62. The quantitative estimate of drug-likeness (QED) is 0.394. The second-order valence-electron chi connectivity index (χ2n) is 9.44. The fourth-order valence-electron chi connectivity index (χ4n) is 6.76. The van der Waals surface area contributed by atoms with Gasteiger partial charge in [-0.1, -0.05) is 73.6 Å². The summed E-state index contributed by atoms with van der Waals surface area (Å²) in [6, 6.07) is -3.47. The summed E-state index contributed by atoms with van der Waals surface area (Å²) in [5, 5.41) is 6.22. The topological polar surface area (TPSA) is 0 Å². The van der Waals surface area contributed by atoms with Crippen LogP contribution in [0, 0.1) is 10.8 Å². The molecule has 0 aromatic rings. The molecular formula is C22H32P2S2. The molecule has 6 unspecified atom stereocenters. The highest BCUT2D eigenvalue weighted by Crippen LogP contribution is 2.92. The SMILES string of the molecule is CC1=C(C)P2(=S)C(C3=C(C)C4(C)C(C)=C(C)P3(=S)C4C)=C(C)C1(C)C2C. The molecular weight excluding hydrogens is 390 g/mol. The summed E-state index contributed by atoms with van der Waals surface area (Å²) in [6.07, 6.45) is 0. The van der Waals surface area contributed by atoms with Crippen LogP contribution in [-0.4, -0.2) is 11.3 Å². The maximum Gasteiger partial charge on any atom is 0.0181 e. The summed E-state index contributed by atoms with van der Waals surface area (Å²) in [5.41, 5.74) is 7.62. The Balaban J connectivity index is 2.09. The van der Waals surface area contributed by atoms with Crippen molar-refractivity contribution in [2.24, 2.45) is 10.8 Å². The molecule has 0 saturated heterocycles. The number of hydrogen-bond donors (Lipinski definition) is 0. The number of fused-ring (bicyclic) bond motifs is 4. The molecule has 6 atom stereocenters. The summed E-state index contributed by atoms with van der Waals surface area (Å²) in [7, 11) is 0. The smallest absolute Gasteiger partial charge is 0.0181 e. The molecule has 0 amide bonds. The second-order valence-corrected chi connectivity index (χ2v) is 19.3. The highest BCUT2D eigenvalue weighted by molar-refractivity contribution is 8.22. The number of rotatable bonds is 1. The molecule has 0 aromatic heterocycles. The molecule has 0 saturated carbocycles. The second kappa shape index (κ2) is 5.05. The van der Waals surface area contributed by atoms with Gasteiger partial charge in [0.05, 0.1) is 0 Å². The van der Waals surface area contributed by atoms with E-state index in [0.717, 1.165) is 0 Å². The third-order valence-electron chi connectivity index (χ3n) is 9.56. The lowest BCUT2D eigenvalue weighted by Gasteiger charge is -2.34. The zero-order valence-electron chi connectivity index (χ0n) is 17.9. The van der Waals surface area contributed by atoms with Gasteiger partial charge in [-0.25, -0.2) is 0 Å². The van der Waals surface area contributed by atoms with E-state index in [9.17, 15) is 0 Å². The van der Waals surface area contributed by atoms with Gasteiger partial charge in [-0.15, -0.1) is 0 Å². The Morgan fingerprint density at radius 1 is 0.615 bits per heavy atom. The standard InChI is InChI=1S/C22H32P2S2/c1-11-15(5)23(25)17(7)21(11,9)13(3)19(23)20-14(4)22(10)12(2)16(6)24(20,26)18(22)8/h17-18H,1-10H3. The number of allylic oxidation sites excluding steroid dienone is 8. The summed E-state index contributed by atoms with van der Waals surface area (Å²) in [6.45, 7) is 23.8. The van der Waals surface area contributed by atoms with Gasteiger partial charge in [0.25, 0.3) is 0 Å². The van der Waals surface area contributed by atoms with Crippen LogP contribution >= 0.6 is 12.1 Å². The molecule has 0 nitrogen and oxygen atoms in total. The minimum atomic E-state index is -1.74. The van der Waals surface area contributed by atoms with E-state index in [2.05, 4.69) is 69.2 Å². The van der Waals surface area contributed by atoms with Crippen molar-refractivity contribution in [1.29, 1.82) is 0 Å². The molecule has 0 radical (unpaired) electrons. The summed E-state index contributed by atoms with van der Waals surface area (Å²) >= 11 is 13.2. The molecule has 4 bridgehead atoms. The fourth-order valence-corrected chi connectivity index (χ4v) is 20.3. The average molecular weight is 423 g/mol. The molecule has 0 N–H and O–H groups in total. The normalized spacial score (nSPS) is 50.2. The molecule has 0 aromatic carbocycles. The minimum absolute atomic E-state index is 0.149. The van der Waals surface area contributed by atoms with Crippen LogP contribution in [0.2, 0.25) is 0 Å². The highest BCUT2D eigenvalue weighted by atomic mass is 32.4. The van der Waals surface area contributed by atoms with Gasteiger partial charge < -0.3 is 0 Å². The van der Waals surface area contributed by atoms with Crippen molar-refractivity contribution in [3.05, 3.63) is 43.5 Å². The van der Waals surface area contributed by atoms with Crippen LogP contribution in [-0.2, 0) is 23.6 Å². The monoisotopic (exact) mass is 422 g/mol. The first-order valence-corrected chi connectivity index (χ1v) is 15.5. The van der Waals surface area contributed by atoms with Gasteiger partial charge in [-0.2, -0.15) is 0 Å². The van der Waals surface area contributed by atoms with Gasteiger partial charge >= 0.3 is 0 Å². The zero-order valence-corrected chi connectivity index (χ0v) is 21.3. The first-order chi connectivity index (χ1) is 11.7. The van der Waals surface area contributed by atoms with E-state index >= 15 is 0 Å². The van der Waals surface area contributed by atoms with E-state index in [1.165, 1.54) is 10.6 Å². The van der Waals surface area contributed by atoms with Gasteiger partial charge in [0.2, 0.25) is 0 Å². The summed E-state index contributed by atoms with van der Waals surface area (Å²) < 4.78 is 0. The molecule has 0 aliphatic carbocycles. The lowest BCUT2D eigenvalue weighted by atomic mass is 9.72. The van der Waals surface area contributed by atoms with Crippen molar-refractivity contribution in [3.8, 4) is 0 Å². The molecule has 4 heteroatoms. The van der Waals surface area contributed by atoms with Crippen molar-refractivity contribution in [2.75, 3.05) is 0 Å². The van der Waals surface area contributed by atoms with Crippen LogP contribution in [0.15, 0.2) is 43.5 Å². The van der Waals surface area contributed by atoms with Crippen molar-refractivity contribution in [2.45, 2.75) is 80.6 Å². The van der Waals surface area contributed by atoms with Gasteiger partial charge in [0.1, 0.15) is 0 Å². The fraction of sp³-hybridized carbons (Fsp3) is 0.636.